The van der Waals surface area contributed by atoms with Gasteiger partial charge in [0.2, 0.25) is 0 Å². The van der Waals surface area contributed by atoms with E-state index in [0.29, 0.717) is 10.8 Å². The number of hydrazone groups is 1. The molecule has 208 valence electrons. The molecule has 0 saturated heterocycles. The predicted molar refractivity (Wildman–Crippen MR) is 159 cm³/mol. The number of hydrogen-bond donors (Lipinski definition) is 1. The summed E-state index contributed by atoms with van der Waals surface area (Å²) in [6.45, 7) is 7.64. The lowest BCUT2D eigenvalue weighted by atomic mass is 10.1. The third-order valence-electron chi connectivity index (χ3n) is 6.56. The van der Waals surface area contributed by atoms with Crippen LogP contribution in [-0.2, 0) is 14.8 Å². The van der Waals surface area contributed by atoms with Crippen LogP contribution in [0.5, 0.6) is 5.75 Å². The standard InChI is InChI=1S/C30H31ClN4O4S/c1-20-8-6-9-21(2)30(20)35-22(3)16-24(23(35)4)18-32-33-29(36)19-34(26-11-7-10-25(31)17-26)40(37,38)28-14-12-27(39-5)13-15-28/h6-18H,19H2,1-5H3,(H,33,36)/b32-18-. The van der Waals surface area contributed by atoms with Gasteiger partial charge in [0.25, 0.3) is 15.9 Å². The van der Waals surface area contributed by atoms with Crippen molar-refractivity contribution >= 4 is 39.4 Å². The number of nitrogens with zero attached hydrogens (tertiary/aromatic N) is 3. The van der Waals surface area contributed by atoms with Crippen LogP contribution < -0.4 is 14.5 Å². The van der Waals surface area contributed by atoms with Crippen molar-refractivity contribution in [2.75, 3.05) is 18.0 Å². The zero-order valence-corrected chi connectivity index (χ0v) is 24.5. The summed E-state index contributed by atoms with van der Waals surface area (Å²) in [4.78, 5) is 13.0. The molecule has 1 N–H and O–H groups in total. The Kier molecular flexibility index (Phi) is 8.66. The molecule has 1 heterocycles. The number of para-hydroxylation sites is 1. The maximum atomic E-state index is 13.6. The molecule has 4 aromatic rings. The minimum absolute atomic E-state index is 0.00326. The van der Waals surface area contributed by atoms with E-state index in [-0.39, 0.29) is 10.6 Å². The lowest BCUT2D eigenvalue weighted by molar-refractivity contribution is -0.119. The van der Waals surface area contributed by atoms with Gasteiger partial charge in [0.05, 0.1) is 29.6 Å². The molecule has 3 aromatic carbocycles. The Morgan fingerprint density at radius 1 is 1.00 bits per heavy atom. The van der Waals surface area contributed by atoms with Crippen LogP contribution in [0.2, 0.25) is 5.02 Å². The predicted octanol–water partition coefficient (Wildman–Crippen LogP) is 5.72. The first-order valence-corrected chi connectivity index (χ1v) is 14.3. The van der Waals surface area contributed by atoms with Crippen molar-refractivity contribution in [1.82, 2.24) is 9.99 Å². The first kappa shape index (κ1) is 28.9. The number of nitrogens with one attached hydrogen (secondary N) is 1. The zero-order chi connectivity index (χ0) is 29.0. The van der Waals surface area contributed by atoms with Gasteiger partial charge in [-0.2, -0.15) is 5.10 Å². The van der Waals surface area contributed by atoms with Crippen LogP contribution in [0, 0.1) is 27.7 Å². The summed E-state index contributed by atoms with van der Waals surface area (Å²) in [5.74, 6) is -0.103. The van der Waals surface area contributed by atoms with Gasteiger partial charge in [0.1, 0.15) is 12.3 Å². The zero-order valence-electron chi connectivity index (χ0n) is 23.0. The van der Waals surface area contributed by atoms with Crippen LogP contribution in [0.3, 0.4) is 0 Å². The van der Waals surface area contributed by atoms with Gasteiger partial charge in [-0.15, -0.1) is 0 Å². The number of amides is 1. The molecule has 0 aliphatic heterocycles. The number of hydrogen-bond acceptors (Lipinski definition) is 5. The summed E-state index contributed by atoms with van der Waals surface area (Å²) in [5.41, 5.74) is 8.96. The Balaban J connectivity index is 1.57. The Labute approximate surface area is 239 Å². The second kappa shape index (κ2) is 12.0. The number of aromatic nitrogens is 1. The first-order valence-electron chi connectivity index (χ1n) is 12.5. The highest BCUT2D eigenvalue weighted by Crippen LogP contribution is 2.28. The van der Waals surface area contributed by atoms with E-state index in [9.17, 15) is 13.2 Å². The molecule has 1 aromatic heterocycles. The molecule has 10 heteroatoms. The Hall–Kier alpha value is -4.08. The first-order chi connectivity index (χ1) is 19.0. The lowest BCUT2D eigenvalue weighted by Crippen LogP contribution is -2.39. The van der Waals surface area contributed by atoms with Crippen molar-refractivity contribution in [3.63, 3.8) is 0 Å². The normalized spacial score (nSPS) is 11.6. The average Bonchev–Trinajstić information content (AvgIpc) is 3.19. The number of carbonyl (C=O) groups excluding carboxylic acids is 1. The van der Waals surface area contributed by atoms with Gasteiger partial charge in [0.15, 0.2) is 0 Å². The quantitative estimate of drug-likeness (QED) is 0.203. The summed E-state index contributed by atoms with van der Waals surface area (Å²) in [7, 11) is -2.62. The van der Waals surface area contributed by atoms with Gasteiger partial charge in [-0.3, -0.25) is 9.10 Å². The second-order valence-electron chi connectivity index (χ2n) is 9.36. The van der Waals surface area contributed by atoms with Gasteiger partial charge >= 0.3 is 0 Å². The Morgan fingerprint density at radius 2 is 1.65 bits per heavy atom. The van der Waals surface area contributed by atoms with Crippen LogP contribution in [0.25, 0.3) is 5.69 Å². The van der Waals surface area contributed by atoms with Gasteiger partial charge in [-0.1, -0.05) is 35.9 Å². The van der Waals surface area contributed by atoms with E-state index < -0.39 is 22.5 Å². The van der Waals surface area contributed by atoms with E-state index in [2.05, 4.69) is 41.1 Å². The molecule has 0 aliphatic carbocycles. The maximum Gasteiger partial charge on any atom is 0.264 e. The fourth-order valence-corrected chi connectivity index (χ4v) is 6.18. The molecule has 0 radical (unpaired) electrons. The van der Waals surface area contributed by atoms with Crippen molar-refractivity contribution in [2.24, 2.45) is 5.10 Å². The number of carbonyl (C=O) groups is 1. The molecule has 0 bridgehead atoms. The molecular formula is C30H31ClN4O4S. The van der Waals surface area contributed by atoms with E-state index in [1.807, 2.05) is 26.0 Å². The molecule has 4 rings (SSSR count). The van der Waals surface area contributed by atoms with Gasteiger partial charge in [-0.25, -0.2) is 13.8 Å². The second-order valence-corrected chi connectivity index (χ2v) is 11.7. The number of aryl methyl sites for hydroxylation is 3. The van der Waals surface area contributed by atoms with E-state index in [1.54, 1.807) is 36.5 Å². The largest absolute Gasteiger partial charge is 0.497 e. The molecule has 0 spiro atoms. The maximum absolute atomic E-state index is 13.6. The van der Waals surface area contributed by atoms with Crippen molar-refractivity contribution in [2.45, 2.75) is 32.6 Å². The highest BCUT2D eigenvalue weighted by Gasteiger charge is 2.27. The summed E-state index contributed by atoms with van der Waals surface area (Å²) >= 11 is 6.14. The molecule has 0 saturated carbocycles. The van der Waals surface area contributed by atoms with Crippen molar-refractivity contribution < 1.29 is 17.9 Å². The molecule has 0 atom stereocenters. The van der Waals surface area contributed by atoms with Crippen LogP contribution in [-0.4, -0.2) is 38.8 Å². The highest BCUT2D eigenvalue weighted by molar-refractivity contribution is 7.92. The third kappa shape index (κ3) is 6.05. The van der Waals surface area contributed by atoms with Crippen LogP contribution >= 0.6 is 11.6 Å². The summed E-state index contributed by atoms with van der Waals surface area (Å²) in [6.07, 6.45) is 1.56. The molecule has 40 heavy (non-hydrogen) atoms. The number of anilines is 1. The molecule has 0 unspecified atom stereocenters. The monoisotopic (exact) mass is 578 g/mol. The minimum Gasteiger partial charge on any atom is -0.497 e. The number of sulfonamides is 1. The van der Waals surface area contributed by atoms with Gasteiger partial charge in [-0.05, 0) is 87.4 Å². The minimum atomic E-state index is -4.11. The van der Waals surface area contributed by atoms with Crippen molar-refractivity contribution in [1.29, 1.82) is 0 Å². The molecule has 0 aliphatic rings. The molecular weight excluding hydrogens is 548 g/mol. The van der Waals surface area contributed by atoms with E-state index in [1.165, 1.54) is 25.3 Å². The number of rotatable bonds is 9. The Bertz CT molecular complexity index is 1660. The van der Waals surface area contributed by atoms with E-state index in [4.69, 9.17) is 16.3 Å². The number of halogens is 1. The fraction of sp³-hybridized carbons (Fsp3) is 0.200. The van der Waals surface area contributed by atoms with Crippen molar-refractivity contribution in [3.05, 3.63) is 106 Å². The van der Waals surface area contributed by atoms with Crippen molar-refractivity contribution in [3.8, 4) is 11.4 Å². The molecule has 8 nitrogen and oxygen atoms in total. The topological polar surface area (TPSA) is 93.0 Å². The van der Waals surface area contributed by atoms with E-state index >= 15 is 0 Å². The smallest absolute Gasteiger partial charge is 0.264 e. The highest BCUT2D eigenvalue weighted by atomic mass is 35.5. The van der Waals surface area contributed by atoms with Gasteiger partial charge in [0, 0.05) is 22.0 Å². The van der Waals surface area contributed by atoms with E-state index in [0.717, 1.165) is 38.1 Å². The number of methoxy groups -OCH3 is 1. The van der Waals surface area contributed by atoms with Crippen LogP contribution in [0.15, 0.2) is 82.8 Å². The van der Waals surface area contributed by atoms with Crippen LogP contribution in [0.1, 0.15) is 28.1 Å². The average molecular weight is 579 g/mol. The third-order valence-corrected chi connectivity index (χ3v) is 8.58. The molecule has 0 fully saturated rings. The summed E-state index contributed by atoms with van der Waals surface area (Å²) in [6, 6.07) is 20.4. The SMILES string of the molecule is COc1ccc(S(=O)(=O)N(CC(=O)N/N=C\c2cc(C)n(-c3c(C)cccc3C)c2C)c2cccc(Cl)c2)cc1. The molecule has 1 amide bonds. The van der Waals surface area contributed by atoms with Crippen LogP contribution in [0.4, 0.5) is 5.69 Å². The van der Waals surface area contributed by atoms with Gasteiger partial charge < -0.3 is 9.30 Å². The number of ether oxygens (including phenoxy) is 1. The Morgan fingerprint density at radius 3 is 2.27 bits per heavy atom. The summed E-state index contributed by atoms with van der Waals surface area (Å²) in [5, 5.41) is 4.47. The number of benzene rings is 3. The fourth-order valence-electron chi connectivity index (χ4n) is 4.58. The summed E-state index contributed by atoms with van der Waals surface area (Å²) < 4.78 is 35.4. The lowest BCUT2D eigenvalue weighted by Gasteiger charge is -2.24.